The summed E-state index contributed by atoms with van der Waals surface area (Å²) in [6.07, 6.45) is -8.53. The van der Waals surface area contributed by atoms with Crippen molar-refractivity contribution in [2.75, 3.05) is 13.7 Å². The van der Waals surface area contributed by atoms with E-state index in [-0.39, 0.29) is 11.3 Å². The molecule has 1 aliphatic heterocycles. The molecule has 0 bridgehead atoms. The zero-order chi connectivity index (χ0) is 25.6. The van der Waals surface area contributed by atoms with Crippen molar-refractivity contribution in [3.8, 4) is 45.8 Å². The Hall–Kier alpha value is -3.75. The third kappa shape index (κ3) is 4.05. The first kappa shape index (κ1) is 24.4. The van der Waals surface area contributed by atoms with Crippen LogP contribution in [0.1, 0.15) is 0 Å². The lowest BCUT2D eigenvalue weighted by atomic mass is 9.99. The number of aromatic hydroxyl groups is 4. The Morgan fingerprint density at radius 2 is 1.60 bits per heavy atom. The number of fused-ring (bicyclic) bond motifs is 1. The topological polar surface area (TPSA) is 220 Å². The third-order valence-corrected chi connectivity index (χ3v) is 5.56. The maximum atomic E-state index is 13.5. The first-order valence-corrected chi connectivity index (χ1v) is 10.2. The average Bonchev–Trinajstić information content (AvgIpc) is 2.82. The van der Waals surface area contributed by atoms with Gasteiger partial charge in [0.05, 0.1) is 13.7 Å². The van der Waals surface area contributed by atoms with Crippen molar-refractivity contribution >= 4 is 11.0 Å². The van der Waals surface area contributed by atoms with Crippen molar-refractivity contribution in [1.82, 2.24) is 0 Å². The largest absolute Gasteiger partial charge is 0.507 e. The molecule has 0 saturated carbocycles. The van der Waals surface area contributed by atoms with Crippen LogP contribution in [0.5, 0.6) is 34.5 Å². The summed E-state index contributed by atoms with van der Waals surface area (Å²) in [6.45, 7) is -0.757. The summed E-state index contributed by atoms with van der Waals surface area (Å²) in [7, 11) is 1.18. The molecular formula is C22H22O13. The Labute approximate surface area is 195 Å². The summed E-state index contributed by atoms with van der Waals surface area (Å²) >= 11 is 0. The first-order chi connectivity index (χ1) is 16.6. The number of ether oxygens (including phenoxy) is 3. The van der Waals surface area contributed by atoms with Crippen molar-refractivity contribution in [3.63, 3.8) is 0 Å². The number of benzene rings is 2. The Kier molecular flexibility index (Phi) is 6.36. The van der Waals surface area contributed by atoms with Crippen molar-refractivity contribution < 1.29 is 59.5 Å². The molecule has 1 fully saturated rings. The molecule has 13 heteroatoms. The zero-order valence-corrected chi connectivity index (χ0v) is 18.0. The van der Waals surface area contributed by atoms with E-state index in [0.29, 0.717) is 0 Å². The van der Waals surface area contributed by atoms with Crippen LogP contribution in [0.4, 0.5) is 0 Å². The molecule has 1 aromatic heterocycles. The standard InChI is InChI=1S/C22H22O13/c1-32-19-11(27)5-10(26)13-15(29)21(35-22-17(31)16(30)14(28)12(6-23)33-22)18(34-20(13)19)7-2-3-8(24)9(25)4-7/h2-5,12,14,16-17,22-28,30-31H,6H2,1H3/t12-,14-,16-,17+,22-/m0/s1. The zero-order valence-electron chi connectivity index (χ0n) is 18.0. The highest BCUT2D eigenvalue weighted by Crippen LogP contribution is 2.44. The predicted molar refractivity (Wildman–Crippen MR) is 116 cm³/mol. The van der Waals surface area contributed by atoms with Gasteiger partial charge in [-0.05, 0) is 18.2 Å². The molecule has 35 heavy (non-hydrogen) atoms. The lowest BCUT2D eigenvalue weighted by molar-refractivity contribution is -0.277. The number of rotatable bonds is 5. The molecule has 13 nitrogen and oxygen atoms in total. The van der Waals surface area contributed by atoms with Crippen LogP contribution in [-0.4, -0.2) is 85.3 Å². The van der Waals surface area contributed by atoms with Gasteiger partial charge < -0.3 is 59.5 Å². The van der Waals surface area contributed by atoms with E-state index >= 15 is 0 Å². The van der Waals surface area contributed by atoms with Crippen molar-refractivity contribution in [3.05, 3.63) is 34.5 Å². The van der Waals surface area contributed by atoms with E-state index in [9.17, 15) is 45.6 Å². The van der Waals surface area contributed by atoms with Crippen LogP contribution in [0.25, 0.3) is 22.3 Å². The van der Waals surface area contributed by atoms with Crippen molar-refractivity contribution in [2.45, 2.75) is 30.7 Å². The number of aliphatic hydroxyl groups is 4. The maximum absolute atomic E-state index is 13.5. The number of phenols is 4. The molecule has 2 heterocycles. The van der Waals surface area contributed by atoms with E-state index in [1.165, 1.54) is 13.2 Å². The fourth-order valence-electron chi connectivity index (χ4n) is 3.74. The normalized spacial score (nSPS) is 24.4. The number of phenolic OH excluding ortho intramolecular Hbond substituents is 4. The highest BCUT2D eigenvalue weighted by Gasteiger charge is 2.45. The van der Waals surface area contributed by atoms with Gasteiger partial charge in [-0.15, -0.1) is 0 Å². The fourth-order valence-corrected chi connectivity index (χ4v) is 3.74. The molecule has 0 radical (unpaired) electrons. The van der Waals surface area contributed by atoms with E-state index in [4.69, 9.17) is 18.6 Å². The van der Waals surface area contributed by atoms with Crippen LogP contribution in [0, 0.1) is 0 Å². The van der Waals surface area contributed by atoms with E-state index in [0.717, 1.165) is 18.2 Å². The molecule has 3 aromatic rings. The van der Waals surface area contributed by atoms with Crippen LogP contribution in [0.15, 0.2) is 33.5 Å². The van der Waals surface area contributed by atoms with E-state index in [1.54, 1.807) is 0 Å². The van der Waals surface area contributed by atoms with Crippen LogP contribution in [-0.2, 0) is 4.74 Å². The molecule has 0 aliphatic carbocycles. The number of aliphatic hydroxyl groups excluding tert-OH is 4. The SMILES string of the molecule is COc1c(O)cc(O)c2c(=O)c(O[C@@H]3O[C@@H](CO)[C@H](O)[C@H](O)[C@H]3O)c(-c3ccc(O)c(O)c3)oc12. The number of hydrogen-bond donors (Lipinski definition) is 8. The van der Waals surface area contributed by atoms with E-state index in [1.807, 2.05) is 0 Å². The van der Waals surface area contributed by atoms with Crippen molar-refractivity contribution in [2.24, 2.45) is 0 Å². The molecule has 8 N–H and O–H groups in total. The predicted octanol–water partition coefficient (Wildman–Crippen LogP) is -0.530. The Morgan fingerprint density at radius 1 is 0.886 bits per heavy atom. The molecule has 188 valence electrons. The number of hydrogen-bond acceptors (Lipinski definition) is 13. The van der Waals surface area contributed by atoms with Gasteiger partial charge in [-0.1, -0.05) is 0 Å². The van der Waals surface area contributed by atoms with Crippen LogP contribution in [0.3, 0.4) is 0 Å². The minimum Gasteiger partial charge on any atom is -0.507 e. The maximum Gasteiger partial charge on any atom is 0.239 e. The van der Waals surface area contributed by atoms with E-state index in [2.05, 4.69) is 0 Å². The molecular weight excluding hydrogens is 472 g/mol. The molecule has 0 unspecified atom stereocenters. The average molecular weight is 494 g/mol. The minimum atomic E-state index is -1.88. The van der Waals surface area contributed by atoms with Gasteiger partial charge in [0.2, 0.25) is 23.2 Å². The van der Waals surface area contributed by atoms with Gasteiger partial charge in [-0.25, -0.2) is 0 Å². The molecule has 4 rings (SSSR count). The lowest BCUT2D eigenvalue weighted by Gasteiger charge is -2.39. The third-order valence-electron chi connectivity index (χ3n) is 5.56. The monoisotopic (exact) mass is 494 g/mol. The molecule has 0 spiro atoms. The summed E-state index contributed by atoms with van der Waals surface area (Å²) in [6, 6.07) is 4.19. The lowest BCUT2D eigenvalue weighted by Crippen LogP contribution is -2.60. The second-order valence-electron chi connectivity index (χ2n) is 7.76. The first-order valence-electron chi connectivity index (χ1n) is 10.2. The highest BCUT2D eigenvalue weighted by atomic mass is 16.7. The molecule has 5 atom stereocenters. The minimum absolute atomic E-state index is 0.0243. The Bertz CT molecular complexity index is 1320. The summed E-state index contributed by atoms with van der Waals surface area (Å²) < 4.78 is 21.7. The molecule has 0 amide bonds. The smallest absolute Gasteiger partial charge is 0.239 e. The van der Waals surface area contributed by atoms with Gasteiger partial charge in [0.25, 0.3) is 0 Å². The molecule has 1 saturated heterocycles. The van der Waals surface area contributed by atoms with Gasteiger partial charge in [0.15, 0.2) is 28.6 Å². The van der Waals surface area contributed by atoms with Crippen molar-refractivity contribution in [1.29, 1.82) is 0 Å². The van der Waals surface area contributed by atoms with Gasteiger partial charge in [-0.3, -0.25) is 4.79 Å². The van der Waals surface area contributed by atoms with Gasteiger partial charge >= 0.3 is 0 Å². The fraction of sp³-hybridized carbons (Fsp3) is 0.318. The quantitative estimate of drug-likeness (QED) is 0.209. The summed E-state index contributed by atoms with van der Waals surface area (Å²) in [5.41, 5.74) is -1.44. The summed E-state index contributed by atoms with van der Waals surface area (Å²) in [5, 5.41) is 79.4. The second-order valence-corrected chi connectivity index (χ2v) is 7.76. The van der Waals surface area contributed by atoms with Gasteiger partial charge in [0.1, 0.15) is 35.6 Å². The van der Waals surface area contributed by atoms with Gasteiger partial charge in [-0.2, -0.15) is 0 Å². The second kappa shape index (κ2) is 9.13. The van der Waals surface area contributed by atoms with Crippen LogP contribution < -0.4 is 14.9 Å². The van der Waals surface area contributed by atoms with Crippen LogP contribution in [0.2, 0.25) is 0 Å². The summed E-state index contributed by atoms with van der Waals surface area (Å²) in [4.78, 5) is 13.5. The molecule has 2 aromatic carbocycles. The Balaban J connectivity index is 1.97. The van der Waals surface area contributed by atoms with Gasteiger partial charge in [0, 0.05) is 11.6 Å². The van der Waals surface area contributed by atoms with E-state index < -0.39 is 88.2 Å². The van der Waals surface area contributed by atoms with Crippen LogP contribution >= 0.6 is 0 Å². The Morgan fingerprint density at radius 3 is 2.23 bits per heavy atom. The summed E-state index contributed by atoms with van der Waals surface area (Å²) in [5.74, 6) is -3.71. The highest BCUT2D eigenvalue weighted by molar-refractivity contribution is 5.93. The number of methoxy groups -OCH3 is 1. The molecule has 1 aliphatic rings.